The molecule has 2 saturated heterocycles. The lowest BCUT2D eigenvalue weighted by Gasteiger charge is -2.35. The van der Waals surface area contributed by atoms with Gasteiger partial charge in [-0.25, -0.2) is 4.90 Å². The number of ketones is 1. The number of nitro benzene ring substituents is 1. The monoisotopic (exact) mass is 543 g/mol. The van der Waals surface area contributed by atoms with E-state index in [2.05, 4.69) is 15.9 Å². The summed E-state index contributed by atoms with van der Waals surface area (Å²) in [5.74, 6) is -2.95. The summed E-state index contributed by atoms with van der Waals surface area (Å²) in [5, 5.41) is 11.3. The Labute approximate surface area is 214 Å². The molecule has 6 rings (SSSR count). The molecule has 2 fully saturated rings. The lowest BCUT2D eigenvalue weighted by Crippen LogP contribution is -2.44. The van der Waals surface area contributed by atoms with Gasteiger partial charge in [-0.15, -0.1) is 0 Å². The van der Waals surface area contributed by atoms with Crippen LogP contribution in [0.1, 0.15) is 27.5 Å². The van der Waals surface area contributed by atoms with Crippen LogP contribution in [0.4, 0.5) is 11.4 Å². The fourth-order valence-corrected chi connectivity index (χ4v) is 5.91. The van der Waals surface area contributed by atoms with E-state index >= 15 is 0 Å². The summed E-state index contributed by atoms with van der Waals surface area (Å²) in [4.78, 5) is 55.3. The number of hydrogen-bond donors (Lipinski definition) is 0. The summed E-state index contributed by atoms with van der Waals surface area (Å²) in [7, 11) is 0. The van der Waals surface area contributed by atoms with Crippen molar-refractivity contribution in [1.29, 1.82) is 0 Å². The first-order valence-electron chi connectivity index (χ1n) is 11.3. The van der Waals surface area contributed by atoms with E-state index in [0.29, 0.717) is 5.69 Å². The Morgan fingerprint density at radius 3 is 2.39 bits per heavy atom. The number of rotatable bonds is 4. The number of nitro groups is 1. The van der Waals surface area contributed by atoms with Gasteiger partial charge in [0.15, 0.2) is 5.78 Å². The highest BCUT2D eigenvalue weighted by Gasteiger charge is 2.64. The van der Waals surface area contributed by atoms with Crippen molar-refractivity contribution in [3.63, 3.8) is 0 Å². The van der Waals surface area contributed by atoms with E-state index in [9.17, 15) is 24.5 Å². The molecule has 3 aliphatic rings. The number of carbonyl (C=O) groups excluding carboxylic acids is 3. The first kappa shape index (κ1) is 22.4. The maximum atomic E-state index is 13.9. The first-order chi connectivity index (χ1) is 17.4. The predicted octanol–water partition coefficient (Wildman–Crippen LogP) is 4.76. The molecule has 2 amide bonds. The lowest BCUT2D eigenvalue weighted by molar-refractivity contribution is -0.384. The Bertz CT molecular complexity index is 1480. The van der Waals surface area contributed by atoms with Gasteiger partial charge < -0.3 is 4.90 Å². The molecule has 3 aromatic carbocycles. The quantitative estimate of drug-likeness (QED) is 0.203. The Morgan fingerprint density at radius 1 is 0.917 bits per heavy atom. The Kier molecular flexibility index (Phi) is 5.11. The zero-order valence-corrected chi connectivity index (χ0v) is 20.2. The largest absolute Gasteiger partial charge is 0.358 e. The van der Waals surface area contributed by atoms with Gasteiger partial charge in [-0.05, 0) is 41.5 Å². The zero-order chi connectivity index (χ0) is 25.1. The number of halogens is 1. The van der Waals surface area contributed by atoms with E-state index in [1.807, 2.05) is 30.3 Å². The molecule has 36 heavy (non-hydrogen) atoms. The topological polar surface area (TPSA) is 101 Å². The number of anilines is 1. The average Bonchev–Trinajstić information content (AvgIpc) is 3.37. The van der Waals surface area contributed by atoms with Gasteiger partial charge in [0.1, 0.15) is 6.04 Å². The van der Waals surface area contributed by atoms with Crippen molar-refractivity contribution in [2.75, 3.05) is 4.90 Å². The van der Waals surface area contributed by atoms with Gasteiger partial charge in [-0.1, -0.05) is 52.3 Å². The van der Waals surface area contributed by atoms with E-state index < -0.39 is 40.5 Å². The number of amides is 2. The van der Waals surface area contributed by atoms with Crippen molar-refractivity contribution in [1.82, 2.24) is 4.90 Å². The molecule has 9 heteroatoms. The molecule has 0 aliphatic carbocycles. The SMILES string of the molecule is O=C(c1cccc([N+](=O)[O-])c1)[C@@H]1[C@@H]2C(=O)N(c3ccc(Br)cc3)C(=O)[C@@H]2[C@@H]2c3ccccc3C=CN12. The number of benzene rings is 3. The van der Waals surface area contributed by atoms with Crippen molar-refractivity contribution >= 4 is 51.0 Å². The highest BCUT2D eigenvalue weighted by molar-refractivity contribution is 9.10. The molecule has 3 aromatic rings. The number of hydrogen-bond acceptors (Lipinski definition) is 6. The van der Waals surface area contributed by atoms with Gasteiger partial charge in [-0.2, -0.15) is 0 Å². The van der Waals surface area contributed by atoms with E-state index in [-0.39, 0.29) is 17.2 Å². The summed E-state index contributed by atoms with van der Waals surface area (Å²) in [6, 6.07) is 18.5. The molecule has 8 nitrogen and oxygen atoms in total. The van der Waals surface area contributed by atoms with Crippen LogP contribution >= 0.6 is 15.9 Å². The number of imide groups is 1. The van der Waals surface area contributed by atoms with Crippen LogP contribution < -0.4 is 4.90 Å². The Hall–Kier alpha value is -4.11. The standard InChI is InChI=1S/C27H18BrN3O5/c28-17-8-10-18(11-9-17)30-26(33)21-22(27(30)34)24(25(32)16-5-3-6-19(14-16)31(35)36)29-13-12-15-4-1-2-7-20(15)23(21)29/h1-14,21-24H/t21-,22+,23-,24-/m0/s1. The van der Waals surface area contributed by atoms with E-state index in [0.717, 1.165) is 15.6 Å². The number of non-ortho nitro benzene ring substituents is 1. The maximum absolute atomic E-state index is 13.9. The molecule has 3 aliphatic heterocycles. The van der Waals surface area contributed by atoms with E-state index in [1.165, 1.54) is 29.2 Å². The van der Waals surface area contributed by atoms with Crippen LogP contribution in [-0.4, -0.2) is 33.5 Å². The molecule has 4 atom stereocenters. The van der Waals surface area contributed by atoms with Gasteiger partial charge in [-0.3, -0.25) is 24.5 Å². The second-order valence-corrected chi connectivity index (χ2v) is 9.91. The first-order valence-corrected chi connectivity index (χ1v) is 12.1. The van der Waals surface area contributed by atoms with Crippen molar-refractivity contribution in [3.05, 3.63) is 110 Å². The summed E-state index contributed by atoms with van der Waals surface area (Å²) in [6.07, 6.45) is 3.62. The summed E-state index contributed by atoms with van der Waals surface area (Å²) in [6.45, 7) is 0. The van der Waals surface area contributed by atoms with Crippen LogP contribution in [-0.2, 0) is 9.59 Å². The fraction of sp³-hybridized carbons (Fsp3) is 0.148. The lowest BCUT2D eigenvalue weighted by atomic mass is 9.83. The van der Waals surface area contributed by atoms with Crippen LogP contribution in [0.5, 0.6) is 0 Å². The second kappa shape index (κ2) is 8.23. The van der Waals surface area contributed by atoms with Gasteiger partial charge >= 0.3 is 0 Å². The summed E-state index contributed by atoms with van der Waals surface area (Å²) >= 11 is 3.37. The number of carbonyl (C=O) groups is 3. The molecule has 0 N–H and O–H groups in total. The summed E-state index contributed by atoms with van der Waals surface area (Å²) < 4.78 is 0.807. The van der Waals surface area contributed by atoms with Crippen LogP contribution in [0, 0.1) is 22.0 Å². The third kappa shape index (κ3) is 3.23. The second-order valence-electron chi connectivity index (χ2n) is 8.99. The third-order valence-electron chi connectivity index (χ3n) is 7.16. The van der Waals surface area contributed by atoms with Crippen molar-refractivity contribution in [2.45, 2.75) is 12.1 Å². The number of fused-ring (bicyclic) bond motifs is 5. The molecule has 0 unspecified atom stereocenters. The molecule has 0 saturated carbocycles. The van der Waals surface area contributed by atoms with Gasteiger partial charge in [0.05, 0.1) is 28.5 Å². The van der Waals surface area contributed by atoms with Crippen molar-refractivity contribution in [2.24, 2.45) is 11.8 Å². The molecule has 0 radical (unpaired) electrons. The number of Topliss-reactive ketones (excluding diaryl/α,β-unsaturated/α-hetero) is 1. The third-order valence-corrected chi connectivity index (χ3v) is 7.69. The molecule has 0 aromatic heterocycles. The van der Waals surface area contributed by atoms with E-state index in [1.54, 1.807) is 35.4 Å². The minimum Gasteiger partial charge on any atom is -0.358 e. The average molecular weight is 544 g/mol. The summed E-state index contributed by atoms with van der Waals surface area (Å²) in [5.41, 5.74) is 2.14. The molecule has 178 valence electrons. The highest BCUT2D eigenvalue weighted by Crippen LogP contribution is 2.53. The smallest absolute Gasteiger partial charge is 0.270 e. The van der Waals surface area contributed by atoms with Crippen LogP contribution in [0.25, 0.3) is 6.08 Å². The Balaban J connectivity index is 1.49. The van der Waals surface area contributed by atoms with Crippen LogP contribution in [0.15, 0.2) is 83.5 Å². The van der Waals surface area contributed by atoms with Crippen molar-refractivity contribution < 1.29 is 19.3 Å². The predicted molar refractivity (Wildman–Crippen MR) is 135 cm³/mol. The molecule has 3 heterocycles. The van der Waals surface area contributed by atoms with Crippen molar-refractivity contribution in [3.8, 4) is 0 Å². The van der Waals surface area contributed by atoms with Gasteiger partial charge in [0.2, 0.25) is 11.8 Å². The molecule has 0 bridgehead atoms. The van der Waals surface area contributed by atoms with Crippen LogP contribution in [0.3, 0.4) is 0 Å². The highest BCUT2D eigenvalue weighted by atomic mass is 79.9. The number of nitrogens with zero attached hydrogens (tertiary/aromatic N) is 3. The fourth-order valence-electron chi connectivity index (χ4n) is 5.65. The molecular weight excluding hydrogens is 526 g/mol. The maximum Gasteiger partial charge on any atom is 0.270 e. The van der Waals surface area contributed by atoms with Gasteiger partial charge in [0, 0.05) is 28.4 Å². The van der Waals surface area contributed by atoms with Gasteiger partial charge in [0.25, 0.3) is 5.69 Å². The van der Waals surface area contributed by atoms with E-state index in [4.69, 9.17) is 0 Å². The molecular formula is C27H18BrN3O5. The zero-order valence-electron chi connectivity index (χ0n) is 18.7. The van der Waals surface area contributed by atoms with Crippen LogP contribution in [0.2, 0.25) is 0 Å². The minimum absolute atomic E-state index is 0.128. The normalized spacial score (nSPS) is 23.9. The Morgan fingerprint density at radius 2 is 1.64 bits per heavy atom. The minimum atomic E-state index is -0.983. The molecule has 0 spiro atoms.